The molecule has 0 saturated carbocycles. The largest absolute Gasteiger partial charge is 0.288 e. The standard InChI is InChI=1S/C15H12ClN3O3S/c1-23-12-5-2-10(3-6-12)9-17-18-15(20)11-4-7-13(16)14(8-11)19(21)22/h2-9H,1H3,(H,18,20)/b17-9-. The Kier molecular flexibility index (Phi) is 5.72. The van der Waals surface area contributed by atoms with Crippen LogP contribution >= 0.6 is 23.4 Å². The maximum Gasteiger partial charge on any atom is 0.288 e. The third-order valence-electron chi connectivity index (χ3n) is 2.90. The van der Waals surface area contributed by atoms with Gasteiger partial charge in [0.25, 0.3) is 11.6 Å². The predicted molar refractivity (Wildman–Crippen MR) is 91.4 cm³/mol. The Morgan fingerprint density at radius 3 is 2.61 bits per heavy atom. The average Bonchev–Trinajstić information content (AvgIpc) is 2.55. The van der Waals surface area contributed by atoms with E-state index in [2.05, 4.69) is 10.5 Å². The van der Waals surface area contributed by atoms with E-state index < -0.39 is 10.8 Å². The fraction of sp³-hybridized carbons (Fsp3) is 0.0667. The van der Waals surface area contributed by atoms with Gasteiger partial charge in [0.2, 0.25) is 0 Å². The minimum Gasteiger partial charge on any atom is -0.267 e. The first-order valence-electron chi connectivity index (χ1n) is 6.42. The van der Waals surface area contributed by atoms with E-state index in [1.807, 2.05) is 30.5 Å². The normalized spacial score (nSPS) is 10.7. The summed E-state index contributed by atoms with van der Waals surface area (Å²) in [6.45, 7) is 0. The van der Waals surface area contributed by atoms with Crippen LogP contribution in [0.15, 0.2) is 52.5 Å². The minimum absolute atomic E-state index is 0.0241. The molecule has 0 fully saturated rings. The van der Waals surface area contributed by atoms with Crippen LogP contribution in [0.2, 0.25) is 5.02 Å². The molecule has 23 heavy (non-hydrogen) atoms. The van der Waals surface area contributed by atoms with Crippen LogP contribution < -0.4 is 5.43 Å². The maximum absolute atomic E-state index is 11.9. The number of nitro benzene ring substituents is 1. The highest BCUT2D eigenvalue weighted by Crippen LogP contribution is 2.24. The molecule has 1 N–H and O–H groups in total. The first-order valence-corrected chi connectivity index (χ1v) is 8.03. The molecule has 6 nitrogen and oxygen atoms in total. The van der Waals surface area contributed by atoms with Crippen molar-refractivity contribution in [2.75, 3.05) is 6.26 Å². The Balaban J connectivity index is 2.05. The molecule has 2 aromatic rings. The van der Waals surface area contributed by atoms with Crippen LogP contribution in [0.1, 0.15) is 15.9 Å². The minimum atomic E-state index is -0.643. The molecular formula is C15H12ClN3O3S. The topological polar surface area (TPSA) is 84.6 Å². The summed E-state index contributed by atoms with van der Waals surface area (Å²) in [4.78, 5) is 23.2. The van der Waals surface area contributed by atoms with Gasteiger partial charge in [0.15, 0.2) is 0 Å². The zero-order valence-corrected chi connectivity index (χ0v) is 13.6. The summed E-state index contributed by atoms with van der Waals surface area (Å²) in [5.74, 6) is -0.554. The van der Waals surface area contributed by atoms with Crippen LogP contribution in [0.4, 0.5) is 5.69 Å². The number of rotatable bonds is 5. The van der Waals surface area contributed by atoms with Gasteiger partial charge in [-0.15, -0.1) is 11.8 Å². The molecule has 0 atom stereocenters. The van der Waals surface area contributed by atoms with Gasteiger partial charge < -0.3 is 0 Å². The smallest absolute Gasteiger partial charge is 0.267 e. The molecule has 0 radical (unpaired) electrons. The highest BCUT2D eigenvalue weighted by molar-refractivity contribution is 7.98. The van der Waals surface area contributed by atoms with E-state index >= 15 is 0 Å². The second-order valence-corrected chi connectivity index (χ2v) is 5.68. The van der Waals surface area contributed by atoms with E-state index in [0.717, 1.165) is 16.5 Å². The SMILES string of the molecule is CSc1ccc(/C=N\NC(=O)c2ccc(Cl)c([N+](=O)[O-])c2)cc1. The first-order chi connectivity index (χ1) is 11.0. The lowest BCUT2D eigenvalue weighted by Crippen LogP contribution is -2.17. The molecule has 0 aliphatic rings. The molecule has 0 aliphatic carbocycles. The molecule has 0 bridgehead atoms. The highest BCUT2D eigenvalue weighted by atomic mass is 35.5. The molecule has 0 unspecified atom stereocenters. The van der Waals surface area contributed by atoms with Gasteiger partial charge in [-0.25, -0.2) is 5.43 Å². The molecule has 0 heterocycles. The Morgan fingerprint density at radius 1 is 1.30 bits per heavy atom. The molecule has 8 heteroatoms. The Labute approximate surface area is 141 Å². The molecule has 118 valence electrons. The molecule has 0 saturated heterocycles. The summed E-state index contributed by atoms with van der Waals surface area (Å²) in [6, 6.07) is 11.4. The molecule has 2 rings (SSSR count). The average molecular weight is 350 g/mol. The van der Waals surface area contributed by atoms with Crippen molar-refractivity contribution in [1.82, 2.24) is 5.43 Å². The van der Waals surface area contributed by atoms with E-state index in [-0.39, 0.29) is 16.3 Å². The van der Waals surface area contributed by atoms with Crippen molar-refractivity contribution in [3.63, 3.8) is 0 Å². The van der Waals surface area contributed by atoms with Gasteiger partial charge in [-0.3, -0.25) is 14.9 Å². The lowest BCUT2D eigenvalue weighted by molar-refractivity contribution is -0.384. The predicted octanol–water partition coefficient (Wildman–Crippen LogP) is 3.73. The van der Waals surface area contributed by atoms with Gasteiger partial charge in [-0.05, 0) is 36.1 Å². The van der Waals surface area contributed by atoms with Crippen LogP contribution in [0.3, 0.4) is 0 Å². The second kappa shape index (κ2) is 7.75. The summed E-state index contributed by atoms with van der Waals surface area (Å²) in [5, 5.41) is 14.6. The molecule has 2 aromatic carbocycles. The third kappa shape index (κ3) is 4.54. The van der Waals surface area contributed by atoms with Gasteiger partial charge >= 0.3 is 0 Å². The number of amides is 1. The van der Waals surface area contributed by atoms with E-state index in [1.54, 1.807) is 11.8 Å². The van der Waals surface area contributed by atoms with Gasteiger partial charge in [0, 0.05) is 16.5 Å². The lowest BCUT2D eigenvalue weighted by atomic mass is 10.2. The molecular weight excluding hydrogens is 338 g/mol. The summed E-state index contributed by atoms with van der Waals surface area (Å²) in [5.41, 5.74) is 2.93. The van der Waals surface area contributed by atoms with Crippen LogP contribution in [0, 0.1) is 10.1 Å². The van der Waals surface area contributed by atoms with E-state index in [1.165, 1.54) is 18.3 Å². The number of carbonyl (C=O) groups excluding carboxylic acids is 1. The van der Waals surface area contributed by atoms with E-state index in [0.29, 0.717) is 0 Å². The molecule has 1 amide bonds. The molecule has 0 spiro atoms. The fourth-order valence-corrected chi connectivity index (χ4v) is 2.31. The van der Waals surface area contributed by atoms with Crippen molar-refractivity contribution in [3.05, 3.63) is 68.7 Å². The number of hydrazone groups is 1. The Hall–Kier alpha value is -2.38. The van der Waals surface area contributed by atoms with Gasteiger partial charge in [0.05, 0.1) is 11.1 Å². The number of nitrogens with zero attached hydrogens (tertiary/aromatic N) is 2. The first kappa shape index (κ1) is 17.0. The van der Waals surface area contributed by atoms with E-state index in [9.17, 15) is 14.9 Å². The summed E-state index contributed by atoms with van der Waals surface area (Å²) in [6.07, 6.45) is 3.47. The molecule has 0 aliphatic heterocycles. The third-order valence-corrected chi connectivity index (χ3v) is 3.96. The van der Waals surface area contributed by atoms with Crippen molar-refractivity contribution in [1.29, 1.82) is 0 Å². The highest BCUT2D eigenvalue weighted by Gasteiger charge is 2.15. The van der Waals surface area contributed by atoms with Gasteiger partial charge in [-0.2, -0.15) is 5.10 Å². The van der Waals surface area contributed by atoms with Crippen LogP contribution in [0.5, 0.6) is 0 Å². The summed E-state index contributed by atoms with van der Waals surface area (Å²) >= 11 is 7.33. The lowest BCUT2D eigenvalue weighted by Gasteiger charge is -2.01. The summed E-state index contributed by atoms with van der Waals surface area (Å²) in [7, 11) is 0. The number of hydrogen-bond acceptors (Lipinski definition) is 5. The number of hydrogen-bond donors (Lipinski definition) is 1. The number of benzene rings is 2. The van der Waals surface area contributed by atoms with Crippen molar-refractivity contribution in [3.8, 4) is 0 Å². The van der Waals surface area contributed by atoms with E-state index in [4.69, 9.17) is 11.6 Å². The van der Waals surface area contributed by atoms with Gasteiger partial charge in [0.1, 0.15) is 5.02 Å². The second-order valence-electron chi connectivity index (χ2n) is 4.40. The van der Waals surface area contributed by atoms with Crippen molar-refractivity contribution in [2.24, 2.45) is 5.10 Å². The fourth-order valence-electron chi connectivity index (χ4n) is 1.71. The van der Waals surface area contributed by atoms with Gasteiger partial charge in [-0.1, -0.05) is 23.7 Å². The van der Waals surface area contributed by atoms with Crippen LogP contribution in [0.25, 0.3) is 0 Å². The maximum atomic E-state index is 11.9. The quantitative estimate of drug-likeness (QED) is 0.385. The number of thioether (sulfide) groups is 1. The Morgan fingerprint density at radius 2 is 2.00 bits per heavy atom. The van der Waals surface area contributed by atoms with Crippen LogP contribution in [-0.4, -0.2) is 23.3 Å². The zero-order valence-electron chi connectivity index (χ0n) is 12.0. The summed E-state index contributed by atoms with van der Waals surface area (Å²) < 4.78 is 0. The number of halogens is 1. The van der Waals surface area contributed by atoms with Crippen LogP contribution in [-0.2, 0) is 0 Å². The number of carbonyl (C=O) groups is 1. The number of nitrogens with one attached hydrogen (secondary N) is 1. The molecule has 0 aromatic heterocycles. The zero-order chi connectivity index (χ0) is 16.8. The number of nitro groups is 1. The monoisotopic (exact) mass is 349 g/mol. The Bertz CT molecular complexity index is 763. The van der Waals surface area contributed by atoms with Crippen molar-refractivity contribution >= 4 is 41.2 Å². The van der Waals surface area contributed by atoms with Crippen molar-refractivity contribution < 1.29 is 9.72 Å². The van der Waals surface area contributed by atoms with Crippen molar-refractivity contribution in [2.45, 2.75) is 4.90 Å².